The quantitative estimate of drug-likeness (QED) is 0.0360. The lowest BCUT2D eigenvalue weighted by atomic mass is 9.88. The summed E-state index contributed by atoms with van der Waals surface area (Å²) in [5, 5.41) is 112. The second-order valence-electron chi connectivity index (χ2n) is 15.7. The van der Waals surface area contributed by atoms with Gasteiger partial charge >= 0.3 is 11.9 Å². The third-order valence-electron chi connectivity index (χ3n) is 11.1. The molecular weight excluding hydrogens is 862 g/mol. The van der Waals surface area contributed by atoms with Crippen molar-refractivity contribution in [3.05, 3.63) is 34.2 Å². The molecule has 3 aliphatic heterocycles. The Balaban J connectivity index is 1.56. The lowest BCUT2D eigenvalue weighted by Gasteiger charge is -2.51. The average Bonchev–Trinajstić information content (AvgIpc) is 3.27. The molecule has 0 bridgehead atoms. The van der Waals surface area contributed by atoms with E-state index in [9.17, 15) is 75.0 Å². The highest BCUT2D eigenvalue weighted by atomic mass is 16.8. The average molecular weight is 924 g/mol. The van der Waals surface area contributed by atoms with E-state index in [1.807, 2.05) is 0 Å². The number of pyridine rings is 1. The van der Waals surface area contributed by atoms with E-state index in [-0.39, 0.29) is 18.1 Å². The van der Waals surface area contributed by atoms with E-state index in [0.29, 0.717) is 25.7 Å². The lowest BCUT2D eigenvalue weighted by Crippen LogP contribution is -2.71. The van der Waals surface area contributed by atoms with Crippen molar-refractivity contribution in [2.24, 2.45) is 0 Å². The Morgan fingerprint density at radius 3 is 2.11 bits per heavy atom. The summed E-state index contributed by atoms with van der Waals surface area (Å²) in [6, 6.07) is -0.778. The van der Waals surface area contributed by atoms with Crippen LogP contribution in [0.3, 0.4) is 0 Å². The van der Waals surface area contributed by atoms with Gasteiger partial charge in [0.1, 0.15) is 67.1 Å². The number of aromatic amines is 1. The number of aliphatic hydroxyl groups is 9. The second-order valence-corrected chi connectivity index (χ2v) is 15.7. The van der Waals surface area contributed by atoms with Gasteiger partial charge in [0.2, 0.25) is 11.5 Å². The minimum Gasteiger partial charge on any atom is -0.477 e. The van der Waals surface area contributed by atoms with Gasteiger partial charge in [-0.1, -0.05) is 25.7 Å². The minimum absolute atomic E-state index is 0.0447. The number of carboxylic acid groups (broad SMARTS) is 1. The van der Waals surface area contributed by atoms with Crippen molar-refractivity contribution < 1.29 is 103 Å². The van der Waals surface area contributed by atoms with E-state index in [1.165, 1.54) is 13.2 Å². The summed E-state index contributed by atoms with van der Waals surface area (Å²) in [5.41, 5.74) is -0.550. The monoisotopic (exact) mass is 923 g/mol. The number of unbranched alkanes of at least 4 members (excludes halogenated alkanes) is 5. The highest BCUT2D eigenvalue weighted by Crippen LogP contribution is 2.38. The molecule has 3 fully saturated rings. The predicted molar refractivity (Wildman–Crippen MR) is 210 cm³/mol. The summed E-state index contributed by atoms with van der Waals surface area (Å²) < 4.78 is 39.5. The van der Waals surface area contributed by atoms with Crippen LogP contribution in [0.4, 0.5) is 0 Å². The number of ether oxygens (including phenoxy) is 7. The van der Waals surface area contributed by atoms with E-state index in [1.54, 1.807) is 0 Å². The molecule has 1 aromatic rings. The van der Waals surface area contributed by atoms with E-state index >= 15 is 0 Å². The number of nitrogens with one attached hydrogen (secondary N) is 3. The highest BCUT2D eigenvalue weighted by molar-refractivity contribution is 5.94. The van der Waals surface area contributed by atoms with Crippen molar-refractivity contribution in [3.63, 3.8) is 0 Å². The Bertz CT molecular complexity index is 1700. The first-order chi connectivity index (χ1) is 30.4. The fraction of sp³-hybridized carbons (Fsp3) is 0.769. The van der Waals surface area contributed by atoms with Crippen LogP contribution in [0.25, 0.3) is 0 Å². The molecule has 25 heteroatoms. The summed E-state index contributed by atoms with van der Waals surface area (Å²) in [6.07, 6.45) is -20.2. The van der Waals surface area contributed by atoms with Crippen LogP contribution in [0.2, 0.25) is 0 Å². The normalized spacial score (nSPS) is 34.0. The molecular formula is C39H61N3O22. The molecule has 13 N–H and O–H groups in total. The van der Waals surface area contributed by atoms with Gasteiger partial charge in [-0.15, -0.1) is 0 Å². The molecule has 0 aliphatic carbocycles. The summed E-state index contributed by atoms with van der Waals surface area (Å²) in [5.74, 6) is -6.96. The molecule has 64 heavy (non-hydrogen) atoms. The number of aromatic nitrogens is 1. The van der Waals surface area contributed by atoms with Crippen molar-refractivity contribution in [3.8, 4) is 0 Å². The molecule has 25 nitrogen and oxygen atoms in total. The molecule has 3 aliphatic rings. The van der Waals surface area contributed by atoms with Gasteiger partial charge in [0, 0.05) is 38.6 Å². The van der Waals surface area contributed by atoms with Gasteiger partial charge in [-0.05, 0) is 18.9 Å². The number of aliphatic hydroxyl groups excluding tert-OH is 9. The van der Waals surface area contributed by atoms with Gasteiger partial charge in [0.05, 0.1) is 44.6 Å². The van der Waals surface area contributed by atoms with Crippen molar-refractivity contribution in [1.29, 1.82) is 0 Å². The second kappa shape index (κ2) is 24.7. The minimum atomic E-state index is -3.09. The largest absolute Gasteiger partial charge is 0.477 e. The van der Waals surface area contributed by atoms with Gasteiger partial charge in [-0.2, -0.15) is 0 Å². The van der Waals surface area contributed by atoms with Crippen LogP contribution >= 0.6 is 0 Å². The number of hydrogen-bond donors (Lipinski definition) is 13. The zero-order valence-electron chi connectivity index (χ0n) is 35.2. The molecule has 0 radical (unpaired) electrons. The van der Waals surface area contributed by atoms with Crippen molar-refractivity contribution in [1.82, 2.24) is 15.6 Å². The maximum absolute atomic E-state index is 13.4. The molecule has 0 spiro atoms. The Morgan fingerprint density at radius 2 is 1.52 bits per heavy atom. The number of carboxylic acids is 1. The number of hydrogen-bond acceptors (Lipinski definition) is 21. The van der Waals surface area contributed by atoms with Crippen LogP contribution in [0.5, 0.6) is 0 Å². The third kappa shape index (κ3) is 13.4. The SMILES string of the molecule is COC(=O)CCCCCCCCO[C@@H]1OC(CO)[C@H](OC2OC(CO)[C@@H](O)C(O[C@]3(C(=O)O)CC(O)[C@@H](NC(C)=O)C(C(O)C(O)CO)O3)C2O)C(O)C1NC(=O)c1ccc(=O)[nH]c1. The van der Waals surface area contributed by atoms with E-state index in [0.717, 1.165) is 38.4 Å². The molecule has 0 saturated carbocycles. The van der Waals surface area contributed by atoms with E-state index < -0.39 is 147 Å². The topological polar surface area (TPSA) is 392 Å². The summed E-state index contributed by atoms with van der Waals surface area (Å²) in [6.45, 7) is -1.86. The zero-order valence-corrected chi connectivity index (χ0v) is 35.2. The number of rotatable bonds is 23. The van der Waals surface area contributed by atoms with Gasteiger partial charge in [-0.3, -0.25) is 19.2 Å². The predicted octanol–water partition coefficient (Wildman–Crippen LogP) is -5.17. The number of aliphatic carboxylic acids is 1. The molecule has 4 heterocycles. The Labute approximate surface area is 366 Å². The van der Waals surface area contributed by atoms with E-state index in [2.05, 4.69) is 20.4 Å². The fourth-order valence-electron chi connectivity index (χ4n) is 7.63. The molecule has 2 amide bonds. The third-order valence-corrected chi connectivity index (χ3v) is 11.1. The summed E-state index contributed by atoms with van der Waals surface area (Å²) in [7, 11) is 1.32. The van der Waals surface area contributed by atoms with Gasteiger partial charge < -0.3 is 99.8 Å². The zero-order chi connectivity index (χ0) is 47.3. The first kappa shape index (κ1) is 52.9. The molecule has 4 rings (SSSR count). The molecule has 0 aromatic carbocycles. The van der Waals surface area contributed by atoms with Crippen LogP contribution in [-0.4, -0.2) is 211 Å². The molecule has 1 aromatic heterocycles. The lowest BCUT2D eigenvalue weighted by molar-refractivity contribution is -0.382. The standard InChI is InChI=1S/C39H61N3O22/c1-18(46)41-26-20(47)13-39(38(56)57,63-33(26)28(51)21(48)15-43)64-34-29(52)22(16-44)60-37(31(34)54)62-32-23(17-45)61-36(59-12-8-6-4-3-5-7-9-25(50)58-2)27(30(32)53)42-35(55)19-10-11-24(49)40-14-19/h10-11,14,20-23,26-34,36-37,43-45,47-48,51-54H,3-9,12-13,15-17H2,1-2H3,(H,40,49)(H,41,46)(H,42,55)(H,56,57)/t20?,21?,22?,23?,26-,27?,28?,29-,30?,31?,32+,33?,34?,36-,37?,39+/m1/s1. The molecule has 11 unspecified atom stereocenters. The number of carbonyl (C=O) groups is 4. The highest BCUT2D eigenvalue weighted by Gasteiger charge is 2.60. The molecule has 3 saturated heterocycles. The van der Waals surface area contributed by atoms with Crippen LogP contribution < -0.4 is 16.2 Å². The Kier molecular flexibility index (Phi) is 20.4. The Hall–Kier alpha value is -3.77. The van der Waals surface area contributed by atoms with Crippen LogP contribution in [0.15, 0.2) is 23.1 Å². The van der Waals surface area contributed by atoms with Gasteiger partial charge in [-0.25, -0.2) is 4.79 Å². The molecule has 16 atom stereocenters. The number of esters is 1. The van der Waals surface area contributed by atoms with Crippen LogP contribution in [-0.2, 0) is 47.5 Å². The number of H-pyrrole nitrogens is 1. The Morgan fingerprint density at radius 1 is 0.859 bits per heavy atom. The molecule has 364 valence electrons. The van der Waals surface area contributed by atoms with Crippen LogP contribution in [0.1, 0.15) is 68.6 Å². The first-order valence-electron chi connectivity index (χ1n) is 20.8. The summed E-state index contributed by atoms with van der Waals surface area (Å²) in [4.78, 5) is 63.6. The summed E-state index contributed by atoms with van der Waals surface area (Å²) >= 11 is 0. The van der Waals surface area contributed by atoms with Crippen LogP contribution in [0, 0.1) is 0 Å². The number of methoxy groups -OCH3 is 1. The van der Waals surface area contributed by atoms with Crippen molar-refractivity contribution in [2.45, 2.75) is 156 Å². The number of amides is 2. The smallest absolute Gasteiger partial charge is 0.364 e. The van der Waals surface area contributed by atoms with E-state index in [4.69, 9.17) is 28.4 Å². The van der Waals surface area contributed by atoms with Crippen molar-refractivity contribution >= 4 is 23.8 Å². The van der Waals surface area contributed by atoms with Crippen molar-refractivity contribution in [2.75, 3.05) is 33.5 Å². The maximum Gasteiger partial charge on any atom is 0.364 e. The number of carbonyl (C=O) groups excluding carboxylic acids is 3. The first-order valence-corrected chi connectivity index (χ1v) is 20.8. The van der Waals surface area contributed by atoms with Gasteiger partial charge in [0.25, 0.3) is 11.7 Å². The fourth-order valence-corrected chi connectivity index (χ4v) is 7.63. The maximum atomic E-state index is 13.4. The van der Waals surface area contributed by atoms with Gasteiger partial charge in [0.15, 0.2) is 12.6 Å².